The second-order valence-corrected chi connectivity index (χ2v) is 5.77. The molecule has 2 atom stereocenters. The standard InChI is InChI=1S/C17H26N2O3/c1-2-22-12-13-6-5-8-15(10-13)18-17(21)19-16-9-4-3-7-14(16)11-20/h5-6,8,10,14,16,20H,2-4,7,9,11-12H2,1H3,(H2,18,19,21). The monoisotopic (exact) mass is 306 g/mol. The van der Waals surface area contributed by atoms with Crippen LogP contribution in [-0.2, 0) is 11.3 Å². The minimum absolute atomic E-state index is 0.0605. The molecule has 5 nitrogen and oxygen atoms in total. The van der Waals surface area contributed by atoms with Crippen LogP contribution < -0.4 is 10.6 Å². The molecule has 0 heterocycles. The first kappa shape index (κ1) is 16.8. The van der Waals surface area contributed by atoms with Gasteiger partial charge in [-0.1, -0.05) is 25.0 Å². The normalized spacial score (nSPS) is 21.4. The predicted molar refractivity (Wildman–Crippen MR) is 86.8 cm³/mol. The Morgan fingerprint density at radius 2 is 2.18 bits per heavy atom. The Bertz CT molecular complexity index is 479. The number of nitrogens with one attached hydrogen (secondary N) is 2. The first-order valence-corrected chi connectivity index (χ1v) is 8.08. The van der Waals surface area contributed by atoms with Crippen molar-refractivity contribution in [1.29, 1.82) is 0 Å². The SMILES string of the molecule is CCOCc1cccc(NC(=O)NC2CCCCC2CO)c1. The Hall–Kier alpha value is -1.59. The maximum absolute atomic E-state index is 12.1. The number of ether oxygens (including phenoxy) is 1. The van der Waals surface area contributed by atoms with Gasteiger partial charge in [-0.05, 0) is 37.5 Å². The van der Waals surface area contributed by atoms with Crippen molar-refractivity contribution in [3.8, 4) is 0 Å². The molecule has 2 amide bonds. The van der Waals surface area contributed by atoms with Crippen LogP contribution >= 0.6 is 0 Å². The molecule has 1 aromatic carbocycles. The highest BCUT2D eigenvalue weighted by molar-refractivity contribution is 5.89. The van der Waals surface area contributed by atoms with Crippen LogP contribution in [0.4, 0.5) is 10.5 Å². The fourth-order valence-electron chi connectivity index (χ4n) is 2.91. The average Bonchev–Trinajstić information content (AvgIpc) is 2.53. The number of anilines is 1. The lowest BCUT2D eigenvalue weighted by Gasteiger charge is -2.30. The highest BCUT2D eigenvalue weighted by Gasteiger charge is 2.25. The van der Waals surface area contributed by atoms with E-state index in [0.29, 0.717) is 13.2 Å². The summed E-state index contributed by atoms with van der Waals surface area (Å²) < 4.78 is 5.37. The first-order chi connectivity index (χ1) is 10.7. The van der Waals surface area contributed by atoms with Crippen LogP contribution in [0.2, 0.25) is 0 Å². The number of hydrogen-bond donors (Lipinski definition) is 3. The molecule has 0 bridgehead atoms. The van der Waals surface area contributed by atoms with Crippen LogP contribution in [0.5, 0.6) is 0 Å². The van der Waals surface area contributed by atoms with E-state index in [1.807, 2.05) is 31.2 Å². The molecule has 1 aromatic rings. The van der Waals surface area contributed by atoms with Crippen molar-refractivity contribution in [3.63, 3.8) is 0 Å². The number of rotatable bonds is 6. The molecule has 22 heavy (non-hydrogen) atoms. The number of carbonyl (C=O) groups excluding carboxylic acids is 1. The van der Waals surface area contributed by atoms with Crippen LogP contribution in [0.3, 0.4) is 0 Å². The van der Waals surface area contributed by atoms with E-state index in [4.69, 9.17) is 4.74 Å². The zero-order valence-corrected chi connectivity index (χ0v) is 13.2. The van der Waals surface area contributed by atoms with Crippen LogP contribution in [-0.4, -0.2) is 30.4 Å². The van der Waals surface area contributed by atoms with E-state index in [2.05, 4.69) is 10.6 Å². The van der Waals surface area contributed by atoms with Gasteiger partial charge in [-0.2, -0.15) is 0 Å². The Labute approximate surface area is 132 Å². The van der Waals surface area contributed by atoms with Crippen LogP contribution in [0.15, 0.2) is 24.3 Å². The number of aliphatic hydroxyl groups excluding tert-OH is 1. The summed E-state index contributed by atoms with van der Waals surface area (Å²) >= 11 is 0. The summed E-state index contributed by atoms with van der Waals surface area (Å²) in [5.41, 5.74) is 1.79. The maximum atomic E-state index is 12.1. The van der Waals surface area contributed by atoms with Gasteiger partial charge in [-0.15, -0.1) is 0 Å². The number of benzene rings is 1. The zero-order chi connectivity index (χ0) is 15.8. The van der Waals surface area contributed by atoms with Crippen molar-refractivity contribution in [3.05, 3.63) is 29.8 Å². The molecule has 1 aliphatic rings. The van der Waals surface area contributed by atoms with E-state index < -0.39 is 0 Å². The van der Waals surface area contributed by atoms with Crippen molar-refractivity contribution in [2.75, 3.05) is 18.5 Å². The number of hydrogen-bond acceptors (Lipinski definition) is 3. The summed E-state index contributed by atoms with van der Waals surface area (Å²) in [7, 11) is 0. The van der Waals surface area contributed by atoms with Gasteiger partial charge in [-0.3, -0.25) is 0 Å². The van der Waals surface area contributed by atoms with Crippen molar-refractivity contribution >= 4 is 11.7 Å². The van der Waals surface area contributed by atoms with Gasteiger partial charge in [0.2, 0.25) is 0 Å². The molecule has 1 aliphatic carbocycles. The predicted octanol–water partition coefficient (Wildman–Crippen LogP) is 2.90. The molecule has 1 fully saturated rings. The lowest BCUT2D eigenvalue weighted by Crippen LogP contribution is -2.45. The Morgan fingerprint density at radius 1 is 1.36 bits per heavy atom. The lowest BCUT2D eigenvalue weighted by molar-refractivity contribution is 0.134. The van der Waals surface area contributed by atoms with Crippen LogP contribution in [0.25, 0.3) is 0 Å². The molecule has 3 N–H and O–H groups in total. The van der Waals surface area contributed by atoms with E-state index in [-0.39, 0.29) is 24.6 Å². The van der Waals surface area contributed by atoms with Crippen LogP contribution in [0, 0.1) is 5.92 Å². The lowest BCUT2D eigenvalue weighted by atomic mass is 9.85. The minimum Gasteiger partial charge on any atom is -0.396 e. The Morgan fingerprint density at radius 3 is 2.95 bits per heavy atom. The second kappa shape index (κ2) is 8.76. The summed E-state index contributed by atoms with van der Waals surface area (Å²) in [5, 5.41) is 15.3. The van der Waals surface area contributed by atoms with Gasteiger partial charge in [0.25, 0.3) is 0 Å². The highest BCUT2D eigenvalue weighted by Crippen LogP contribution is 2.24. The minimum atomic E-state index is -0.209. The quantitative estimate of drug-likeness (QED) is 0.757. The fourth-order valence-corrected chi connectivity index (χ4v) is 2.91. The Kier molecular flexibility index (Phi) is 6.68. The van der Waals surface area contributed by atoms with Crippen molar-refractivity contribution in [2.24, 2.45) is 5.92 Å². The van der Waals surface area contributed by atoms with E-state index in [1.165, 1.54) is 0 Å². The molecule has 0 saturated heterocycles. The fraction of sp³-hybridized carbons (Fsp3) is 0.588. The summed E-state index contributed by atoms with van der Waals surface area (Å²) in [6, 6.07) is 7.51. The maximum Gasteiger partial charge on any atom is 0.319 e. The molecule has 2 rings (SSSR count). The average molecular weight is 306 g/mol. The molecule has 0 spiro atoms. The smallest absolute Gasteiger partial charge is 0.319 e. The summed E-state index contributed by atoms with van der Waals surface area (Å²) in [6.07, 6.45) is 4.14. The molecule has 1 saturated carbocycles. The van der Waals surface area contributed by atoms with Crippen molar-refractivity contribution < 1.29 is 14.6 Å². The van der Waals surface area contributed by atoms with Gasteiger partial charge in [-0.25, -0.2) is 4.79 Å². The number of carbonyl (C=O) groups is 1. The van der Waals surface area contributed by atoms with Gasteiger partial charge in [0.1, 0.15) is 0 Å². The van der Waals surface area contributed by atoms with E-state index in [1.54, 1.807) is 0 Å². The van der Waals surface area contributed by atoms with Crippen molar-refractivity contribution in [1.82, 2.24) is 5.32 Å². The molecule has 0 aromatic heterocycles. The molecule has 5 heteroatoms. The van der Waals surface area contributed by atoms with Gasteiger partial charge < -0.3 is 20.5 Å². The third-order valence-corrected chi connectivity index (χ3v) is 4.12. The number of amides is 2. The number of urea groups is 1. The van der Waals surface area contributed by atoms with E-state index >= 15 is 0 Å². The molecular formula is C17H26N2O3. The molecule has 122 valence electrons. The first-order valence-electron chi connectivity index (χ1n) is 8.08. The third-order valence-electron chi connectivity index (χ3n) is 4.12. The molecular weight excluding hydrogens is 280 g/mol. The summed E-state index contributed by atoms with van der Waals surface area (Å²) in [5.74, 6) is 0.170. The highest BCUT2D eigenvalue weighted by atomic mass is 16.5. The van der Waals surface area contributed by atoms with Crippen LogP contribution in [0.1, 0.15) is 38.2 Å². The van der Waals surface area contributed by atoms with Crippen molar-refractivity contribution in [2.45, 2.75) is 45.3 Å². The van der Waals surface area contributed by atoms with Gasteiger partial charge in [0.05, 0.1) is 6.61 Å². The van der Waals surface area contributed by atoms with E-state index in [9.17, 15) is 9.90 Å². The Balaban J connectivity index is 1.88. The summed E-state index contributed by atoms with van der Waals surface area (Å²) in [6.45, 7) is 3.30. The van der Waals surface area contributed by atoms with Gasteiger partial charge in [0.15, 0.2) is 0 Å². The second-order valence-electron chi connectivity index (χ2n) is 5.77. The van der Waals surface area contributed by atoms with E-state index in [0.717, 1.165) is 36.9 Å². The largest absolute Gasteiger partial charge is 0.396 e. The van der Waals surface area contributed by atoms with Gasteiger partial charge >= 0.3 is 6.03 Å². The zero-order valence-electron chi connectivity index (χ0n) is 13.2. The third kappa shape index (κ3) is 5.00. The molecule has 0 radical (unpaired) electrons. The molecule has 0 aliphatic heterocycles. The molecule has 2 unspecified atom stereocenters. The van der Waals surface area contributed by atoms with Gasteiger partial charge in [0, 0.05) is 30.9 Å². The summed E-state index contributed by atoms with van der Waals surface area (Å²) in [4.78, 5) is 12.1. The number of aliphatic hydroxyl groups is 1. The topological polar surface area (TPSA) is 70.6 Å².